The Morgan fingerprint density at radius 3 is 2.68 bits per heavy atom. The number of nitrogens with zero attached hydrogens (tertiary/aromatic N) is 3. The van der Waals surface area contributed by atoms with Crippen LogP contribution in [0.3, 0.4) is 0 Å². The number of carbonyl (C=O) groups excluding carboxylic acids is 1. The molecule has 1 aliphatic rings. The van der Waals surface area contributed by atoms with Gasteiger partial charge in [-0.2, -0.15) is 5.10 Å². The number of fused-ring (bicyclic) bond motifs is 1. The van der Waals surface area contributed by atoms with Crippen LogP contribution in [0.4, 0.5) is 5.69 Å². The second kappa shape index (κ2) is 6.85. The number of nitrogens with one attached hydrogen (secondary N) is 1. The van der Waals surface area contributed by atoms with Crippen LogP contribution in [0, 0.1) is 4.77 Å². The summed E-state index contributed by atoms with van der Waals surface area (Å²) in [4.78, 5) is 15.4. The molecule has 3 aromatic rings. The van der Waals surface area contributed by atoms with Crippen molar-refractivity contribution in [1.82, 2.24) is 14.8 Å². The average Bonchev–Trinajstić information content (AvgIpc) is 2.98. The Kier molecular flexibility index (Phi) is 4.42. The first kappa shape index (κ1) is 16.1. The molecular formula is C18H16N4OS2. The monoisotopic (exact) mass is 368 g/mol. The van der Waals surface area contributed by atoms with Gasteiger partial charge in [-0.05, 0) is 29.9 Å². The van der Waals surface area contributed by atoms with E-state index in [2.05, 4.69) is 22.3 Å². The van der Waals surface area contributed by atoms with E-state index in [-0.39, 0.29) is 5.91 Å². The van der Waals surface area contributed by atoms with Crippen LogP contribution < -0.4 is 4.90 Å². The summed E-state index contributed by atoms with van der Waals surface area (Å²) in [7, 11) is 0. The standard InChI is InChI=1S/C18H16N4OS2/c23-17-12-25-15-9-5-4-8-14(15)21(17)11-16-19-20-18(24)22(16)10-13-6-2-1-3-7-13/h1-9H,10-12H2,(H,20,24). The molecule has 0 bridgehead atoms. The molecule has 1 aromatic heterocycles. The highest BCUT2D eigenvalue weighted by atomic mass is 32.2. The third-order valence-electron chi connectivity index (χ3n) is 4.13. The third-order valence-corrected chi connectivity index (χ3v) is 5.49. The van der Waals surface area contributed by atoms with Gasteiger partial charge in [-0.3, -0.25) is 14.5 Å². The molecule has 126 valence electrons. The number of hydrogen-bond acceptors (Lipinski definition) is 4. The lowest BCUT2D eigenvalue weighted by molar-refractivity contribution is -0.116. The maximum absolute atomic E-state index is 12.5. The number of hydrogen-bond donors (Lipinski definition) is 1. The first-order valence-electron chi connectivity index (χ1n) is 7.92. The molecule has 1 N–H and O–H groups in total. The molecule has 7 heteroatoms. The van der Waals surface area contributed by atoms with Crippen LogP contribution in [-0.2, 0) is 17.9 Å². The molecule has 0 fully saturated rings. The Morgan fingerprint density at radius 2 is 1.84 bits per heavy atom. The Balaban J connectivity index is 1.66. The maximum atomic E-state index is 12.5. The zero-order valence-corrected chi connectivity index (χ0v) is 15.0. The van der Waals surface area contributed by atoms with Gasteiger partial charge in [0.25, 0.3) is 0 Å². The quantitative estimate of drug-likeness (QED) is 0.715. The Hall–Kier alpha value is -2.38. The lowest BCUT2D eigenvalue weighted by Gasteiger charge is -2.28. The van der Waals surface area contributed by atoms with Crippen LogP contribution in [0.1, 0.15) is 11.4 Å². The van der Waals surface area contributed by atoms with E-state index in [1.54, 1.807) is 16.7 Å². The van der Waals surface area contributed by atoms with Gasteiger partial charge in [-0.15, -0.1) is 11.8 Å². The van der Waals surface area contributed by atoms with Gasteiger partial charge in [0.15, 0.2) is 10.6 Å². The van der Waals surface area contributed by atoms with Crippen LogP contribution in [0.2, 0.25) is 0 Å². The summed E-state index contributed by atoms with van der Waals surface area (Å²) in [5.74, 6) is 1.29. The van der Waals surface area contributed by atoms with Crippen molar-refractivity contribution in [2.24, 2.45) is 0 Å². The second-order valence-corrected chi connectivity index (χ2v) is 7.16. The predicted molar refractivity (Wildman–Crippen MR) is 101 cm³/mol. The number of aromatic nitrogens is 3. The van der Waals surface area contributed by atoms with Gasteiger partial charge in [0, 0.05) is 4.90 Å². The van der Waals surface area contributed by atoms with Crippen LogP contribution in [0.15, 0.2) is 59.5 Å². The van der Waals surface area contributed by atoms with E-state index in [1.807, 2.05) is 47.0 Å². The van der Waals surface area contributed by atoms with Crippen molar-refractivity contribution in [3.8, 4) is 0 Å². The molecule has 0 unspecified atom stereocenters. The maximum Gasteiger partial charge on any atom is 0.237 e. The van der Waals surface area contributed by atoms with E-state index in [0.717, 1.165) is 22.0 Å². The van der Waals surface area contributed by atoms with Gasteiger partial charge in [-0.25, -0.2) is 0 Å². The highest BCUT2D eigenvalue weighted by molar-refractivity contribution is 8.00. The molecule has 4 rings (SSSR count). The van der Waals surface area contributed by atoms with Gasteiger partial charge in [0.1, 0.15) is 0 Å². The third kappa shape index (κ3) is 3.25. The van der Waals surface area contributed by atoms with Crippen molar-refractivity contribution in [3.05, 3.63) is 70.8 Å². The number of benzene rings is 2. The van der Waals surface area contributed by atoms with Crippen molar-refractivity contribution in [2.45, 2.75) is 18.0 Å². The van der Waals surface area contributed by atoms with Gasteiger partial charge in [0.2, 0.25) is 5.91 Å². The topological polar surface area (TPSA) is 53.9 Å². The van der Waals surface area contributed by atoms with Gasteiger partial charge in [0.05, 0.1) is 24.5 Å². The summed E-state index contributed by atoms with van der Waals surface area (Å²) in [5, 5.41) is 7.22. The minimum atomic E-state index is 0.0869. The van der Waals surface area contributed by atoms with E-state index in [0.29, 0.717) is 23.6 Å². The van der Waals surface area contributed by atoms with Crippen molar-refractivity contribution in [1.29, 1.82) is 0 Å². The predicted octanol–water partition coefficient (Wildman–Crippen LogP) is 3.63. The molecule has 0 saturated carbocycles. The fourth-order valence-corrected chi connectivity index (χ4v) is 4.02. The summed E-state index contributed by atoms with van der Waals surface area (Å²) < 4.78 is 2.51. The first-order valence-corrected chi connectivity index (χ1v) is 9.32. The van der Waals surface area contributed by atoms with E-state index in [4.69, 9.17) is 12.2 Å². The van der Waals surface area contributed by atoms with Crippen LogP contribution in [0.5, 0.6) is 0 Å². The summed E-state index contributed by atoms with van der Waals surface area (Å²) in [6.45, 7) is 1.03. The molecule has 0 atom stereocenters. The average molecular weight is 368 g/mol. The SMILES string of the molecule is O=C1CSc2ccccc2N1Cc1n[nH]c(=S)n1Cc1ccccc1. The first-order chi connectivity index (χ1) is 12.2. The number of carbonyl (C=O) groups is 1. The number of anilines is 1. The van der Waals surface area contributed by atoms with E-state index in [9.17, 15) is 4.79 Å². The summed E-state index contributed by atoms with van der Waals surface area (Å²) in [6, 6.07) is 18.0. The lowest BCUT2D eigenvalue weighted by atomic mass is 10.2. The van der Waals surface area contributed by atoms with Crippen molar-refractivity contribution < 1.29 is 4.79 Å². The molecule has 0 saturated heterocycles. The van der Waals surface area contributed by atoms with Crippen LogP contribution in [0.25, 0.3) is 0 Å². The number of amides is 1. The molecule has 5 nitrogen and oxygen atoms in total. The number of rotatable bonds is 4. The normalized spacial score (nSPS) is 13.8. The number of para-hydroxylation sites is 1. The molecular weight excluding hydrogens is 352 g/mol. The zero-order valence-electron chi connectivity index (χ0n) is 13.4. The smallest absolute Gasteiger partial charge is 0.237 e. The van der Waals surface area contributed by atoms with Gasteiger partial charge >= 0.3 is 0 Å². The molecule has 0 aliphatic carbocycles. The molecule has 0 spiro atoms. The largest absolute Gasteiger partial charge is 0.303 e. The van der Waals surface area contributed by atoms with E-state index in [1.165, 1.54) is 0 Å². The highest BCUT2D eigenvalue weighted by Gasteiger charge is 2.26. The van der Waals surface area contributed by atoms with E-state index >= 15 is 0 Å². The van der Waals surface area contributed by atoms with Crippen molar-refractivity contribution in [3.63, 3.8) is 0 Å². The highest BCUT2D eigenvalue weighted by Crippen LogP contribution is 2.35. The van der Waals surface area contributed by atoms with Crippen molar-refractivity contribution in [2.75, 3.05) is 10.7 Å². The Labute approximate surface area is 154 Å². The molecule has 1 aliphatic heterocycles. The molecule has 1 amide bonds. The second-order valence-electron chi connectivity index (χ2n) is 5.75. The molecule has 0 radical (unpaired) electrons. The number of H-pyrrole nitrogens is 1. The summed E-state index contributed by atoms with van der Waals surface area (Å²) >= 11 is 6.96. The van der Waals surface area contributed by atoms with Crippen LogP contribution in [-0.4, -0.2) is 26.4 Å². The number of aromatic amines is 1. The Bertz CT molecular complexity index is 964. The van der Waals surface area contributed by atoms with Crippen LogP contribution >= 0.6 is 24.0 Å². The van der Waals surface area contributed by atoms with E-state index < -0.39 is 0 Å². The minimum Gasteiger partial charge on any atom is -0.303 e. The van der Waals surface area contributed by atoms with Gasteiger partial charge < -0.3 is 4.90 Å². The fraction of sp³-hybridized carbons (Fsp3) is 0.167. The fourth-order valence-electron chi connectivity index (χ4n) is 2.87. The summed E-state index contributed by atoms with van der Waals surface area (Å²) in [6.07, 6.45) is 0. The van der Waals surface area contributed by atoms with Gasteiger partial charge in [-0.1, -0.05) is 42.5 Å². The molecule has 25 heavy (non-hydrogen) atoms. The van der Waals surface area contributed by atoms with Crippen molar-refractivity contribution >= 4 is 35.6 Å². The zero-order chi connectivity index (χ0) is 17.2. The molecule has 2 aromatic carbocycles. The minimum absolute atomic E-state index is 0.0869. The Morgan fingerprint density at radius 1 is 1.08 bits per heavy atom. The lowest BCUT2D eigenvalue weighted by Crippen LogP contribution is -2.35. The summed E-state index contributed by atoms with van der Waals surface area (Å²) in [5.41, 5.74) is 2.08. The molecule has 2 heterocycles. The number of thioether (sulfide) groups is 1.